The van der Waals surface area contributed by atoms with Crippen LogP contribution in [0.25, 0.3) is 0 Å². The van der Waals surface area contributed by atoms with Gasteiger partial charge in [0, 0.05) is 48.9 Å². The average Bonchev–Trinajstić information content (AvgIpc) is 3.16. The highest BCUT2D eigenvalue weighted by Gasteiger charge is 2.52. The number of ether oxygens (including phenoxy) is 1. The lowest BCUT2D eigenvalue weighted by Gasteiger charge is -2.46. The number of amides is 1. The standard InChI is InChI=1S/C26H33N7O2/c1-17-14-32(24(34)35-25(3,4)5)18(2)13-31(17)22-21-23(30-16-29-22)33(15-26(21)8-6-9-26)20-11-19(12-27)7-10-28-20/h7,10-11,16-18H,6,8-9,13-15H2,1-5H3/t17-,18-/m0/s1. The Morgan fingerprint density at radius 2 is 1.89 bits per heavy atom. The summed E-state index contributed by atoms with van der Waals surface area (Å²) in [6.07, 6.45) is 6.37. The van der Waals surface area contributed by atoms with Crippen molar-refractivity contribution in [1.82, 2.24) is 19.9 Å². The van der Waals surface area contributed by atoms with Gasteiger partial charge in [0.25, 0.3) is 0 Å². The van der Waals surface area contributed by atoms with Crippen LogP contribution >= 0.6 is 0 Å². The van der Waals surface area contributed by atoms with Gasteiger partial charge >= 0.3 is 6.09 Å². The highest BCUT2D eigenvalue weighted by Crippen LogP contribution is 2.56. The molecule has 2 aromatic heterocycles. The maximum atomic E-state index is 12.8. The molecule has 1 amide bonds. The molecule has 0 aromatic carbocycles. The van der Waals surface area contributed by atoms with E-state index in [1.807, 2.05) is 31.7 Å². The lowest BCUT2D eigenvalue weighted by atomic mass is 9.66. The van der Waals surface area contributed by atoms with E-state index < -0.39 is 5.60 Å². The van der Waals surface area contributed by atoms with Gasteiger partial charge in [-0.3, -0.25) is 0 Å². The van der Waals surface area contributed by atoms with Crippen LogP contribution in [-0.4, -0.2) is 63.3 Å². The van der Waals surface area contributed by atoms with Gasteiger partial charge in [-0.05, 0) is 59.6 Å². The van der Waals surface area contributed by atoms with Gasteiger partial charge in [0.05, 0.1) is 11.6 Å². The molecule has 0 radical (unpaired) electrons. The van der Waals surface area contributed by atoms with Gasteiger partial charge in [0.1, 0.15) is 29.4 Å². The number of hydrogen-bond donors (Lipinski definition) is 0. The van der Waals surface area contributed by atoms with Crippen LogP contribution in [0.2, 0.25) is 0 Å². The lowest BCUT2D eigenvalue weighted by molar-refractivity contribution is 0.0129. The van der Waals surface area contributed by atoms with Crippen LogP contribution in [0.1, 0.15) is 65.0 Å². The van der Waals surface area contributed by atoms with E-state index in [0.29, 0.717) is 18.7 Å². The minimum Gasteiger partial charge on any atom is -0.444 e. The molecular weight excluding hydrogens is 442 g/mol. The number of hydrogen-bond acceptors (Lipinski definition) is 8. The third-order valence-electron chi connectivity index (χ3n) is 7.40. The van der Waals surface area contributed by atoms with Gasteiger partial charge in [0.2, 0.25) is 0 Å². The predicted molar refractivity (Wildman–Crippen MR) is 133 cm³/mol. The van der Waals surface area contributed by atoms with Crippen molar-refractivity contribution in [3.05, 3.63) is 35.8 Å². The number of fused-ring (bicyclic) bond motifs is 2. The number of rotatable bonds is 2. The normalized spacial score (nSPS) is 23.0. The van der Waals surface area contributed by atoms with Gasteiger partial charge in [-0.1, -0.05) is 6.42 Å². The quantitative estimate of drug-likeness (QED) is 0.639. The Balaban J connectivity index is 1.48. The van der Waals surface area contributed by atoms with Crippen molar-refractivity contribution < 1.29 is 9.53 Å². The zero-order chi connectivity index (χ0) is 25.0. The molecule has 0 N–H and O–H groups in total. The maximum Gasteiger partial charge on any atom is 0.410 e. The van der Waals surface area contributed by atoms with Crippen molar-refractivity contribution in [2.45, 2.75) is 77.0 Å². The van der Waals surface area contributed by atoms with Crippen LogP contribution in [0.5, 0.6) is 0 Å². The first-order chi connectivity index (χ1) is 16.6. The summed E-state index contributed by atoms with van der Waals surface area (Å²) in [5.41, 5.74) is 1.23. The molecule has 2 aromatic rings. The second kappa shape index (κ2) is 8.36. The second-order valence-corrected chi connectivity index (χ2v) is 11.1. The van der Waals surface area contributed by atoms with E-state index in [1.165, 1.54) is 12.0 Å². The Labute approximate surface area is 206 Å². The SMILES string of the molecule is C[C@H]1CN(c2ncnc3c2C2(CCC2)CN3c2cc(C#N)ccn2)[C@@H](C)CN1C(=O)OC(C)(C)C. The Morgan fingerprint density at radius 1 is 1.14 bits per heavy atom. The molecule has 4 heterocycles. The highest BCUT2D eigenvalue weighted by atomic mass is 16.6. The molecule has 1 saturated heterocycles. The fourth-order valence-corrected chi connectivity index (χ4v) is 5.55. The van der Waals surface area contributed by atoms with Crippen molar-refractivity contribution in [3.8, 4) is 6.07 Å². The van der Waals surface area contributed by atoms with E-state index in [0.717, 1.165) is 36.8 Å². The van der Waals surface area contributed by atoms with Gasteiger partial charge in [0.15, 0.2) is 0 Å². The van der Waals surface area contributed by atoms with Crippen LogP contribution in [0.3, 0.4) is 0 Å². The molecule has 0 bridgehead atoms. The number of carbonyl (C=O) groups is 1. The topological polar surface area (TPSA) is 98.5 Å². The molecule has 2 fully saturated rings. The van der Waals surface area contributed by atoms with Crippen LogP contribution < -0.4 is 9.80 Å². The number of aromatic nitrogens is 3. The minimum absolute atomic E-state index is 0.0124. The van der Waals surface area contributed by atoms with Crippen molar-refractivity contribution in [2.24, 2.45) is 0 Å². The number of pyridine rings is 1. The molecular formula is C26H33N7O2. The summed E-state index contributed by atoms with van der Waals surface area (Å²) in [5.74, 6) is 2.58. The fraction of sp³-hybridized carbons (Fsp3) is 0.577. The largest absolute Gasteiger partial charge is 0.444 e. The third kappa shape index (κ3) is 4.05. The Hall–Kier alpha value is -3.41. The molecule has 2 aliphatic heterocycles. The molecule has 1 aliphatic carbocycles. The first-order valence-electron chi connectivity index (χ1n) is 12.4. The van der Waals surface area contributed by atoms with E-state index in [9.17, 15) is 10.1 Å². The van der Waals surface area contributed by atoms with E-state index >= 15 is 0 Å². The van der Waals surface area contributed by atoms with Gasteiger partial charge < -0.3 is 19.4 Å². The number of nitriles is 1. The molecule has 1 saturated carbocycles. The molecule has 184 valence electrons. The zero-order valence-electron chi connectivity index (χ0n) is 21.2. The van der Waals surface area contributed by atoms with Crippen LogP contribution in [0.4, 0.5) is 22.2 Å². The molecule has 35 heavy (non-hydrogen) atoms. The summed E-state index contributed by atoms with van der Waals surface area (Å²) < 4.78 is 5.66. The van der Waals surface area contributed by atoms with Crippen molar-refractivity contribution >= 4 is 23.5 Å². The van der Waals surface area contributed by atoms with Crippen LogP contribution in [0, 0.1) is 11.3 Å². The van der Waals surface area contributed by atoms with Gasteiger partial charge in [-0.2, -0.15) is 5.26 Å². The predicted octanol–water partition coefficient (Wildman–Crippen LogP) is 4.15. The van der Waals surface area contributed by atoms with E-state index in [4.69, 9.17) is 14.7 Å². The monoisotopic (exact) mass is 475 g/mol. The smallest absolute Gasteiger partial charge is 0.410 e. The fourth-order valence-electron chi connectivity index (χ4n) is 5.55. The lowest BCUT2D eigenvalue weighted by Crippen LogP contribution is -2.59. The molecule has 9 nitrogen and oxygen atoms in total. The highest BCUT2D eigenvalue weighted by molar-refractivity contribution is 5.75. The number of anilines is 3. The van der Waals surface area contributed by atoms with Gasteiger partial charge in [-0.25, -0.2) is 19.7 Å². The third-order valence-corrected chi connectivity index (χ3v) is 7.40. The summed E-state index contributed by atoms with van der Waals surface area (Å²) >= 11 is 0. The first kappa shape index (κ1) is 23.3. The van der Waals surface area contributed by atoms with Crippen LogP contribution in [-0.2, 0) is 10.2 Å². The summed E-state index contributed by atoms with van der Waals surface area (Å²) in [5, 5.41) is 9.39. The Bertz CT molecular complexity index is 1180. The van der Waals surface area contributed by atoms with E-state index in [-0.39, 0.29) is 23.6 Å². The Kier molecular flexibility index (Phi) is 5.58. The molecule has 1 spiro atoms. The molecule has 5 rings (SSSR count). The molecule has 2 atom stereocenters. The van der Waals surface area contributed by atoms with E-state index in [2.05, 4.69) is 34.7 Å². The Morgan fingerprint density at radius 3 is 2.54 bits per heavy atom. The average molecular weight is 476 g/mol. The van der Waals surface area contributed by atoms with Gasteiger partial charge in [-0.15, -0.1) is 0 Å². The number of carbonyl (C=O) groups excluding carboxylic acids is 1. The van der Waals surface area contributed by atoms with Crippen LogP contribution in [0.15, 0.2) is 24.7 Å². The molecule has 9 heteroatoms. The summed E-state index contributed by atoms with van der Waals surface area (Å²) in [4.78, 5) is 33.2. The number of piperazine rings is 1. The van der Waals surface area contributed by atoms with Crippen molar-refractivity contribution in [2.75, 3.05) is 29.4 Å². The second-order valence-electron chi connectivity index (χ2n) is 11.1. The maximum absolute atomic E-state index is 12.8. The first-order valence-corrected chi connectivity index (χ1v) is 12.4. The van der Waals surface area contributed by atoms with E-state index in [1.54, 1.807) is 18.6 Å². The number of nitrogens with zero attached hydrogens (tertiary/aromatic N) is 7. The zero-order valence-corrected chi connectivity index (χ0v) is 21.2. The molecule has 3 aliphatic rings. The molecule has 0 unspecified atom stereocenters. The van der Waals surface area contributed by atoms with Crippen molar-refractivity contribution in [1.29, 1.82) is 5.26 Å². The van der Waals surface area contributed by atoms with Crippen molar-refractivity contribution in [3.63, 3.8) is 0 Å². The summed E-state index contributed by atoms with van der Waals surface area (Å²) in [6.45, 7) is 11.9. The summed E-state index contributed by atoms with van der Waals surface area (Å²) in [6, 6.07) is 5.82. The minimum atomic E-state index is -0.526. The summed E-state index contributed by atoms with van der Waals surface area (Å²) in [7, 11) is 0.